The summed E-state index contributed by atoms with van der Waals surface area (Å²) in [4.78, 5) is 23.3. The Balaban J connectivity index is 2.85. The summed E-state index contributed by atoms with van der Waals surface area (Å²) >= 11 is 8.69. The smallest absolute Gasteiger partial charge is 0.339 e. The van der Waals surface area contributed by atoms with E-state index in [2.05, 4.69) is 15.9 Å². The van der Waals surface area contributed by atoms with Gasteiger partial charge in [-0.2, -0.15) is 0 Å². The van der Waals surface area contributed by atoms with Gasteiger partial charge in [-0.25, -0.2) is 9.18 Å². The molecule has 4 nitrogen and oxygen atoms in total. The van der Waals surface area contributed by atoms with E-state index in [0.717, 1.165) is 12.1 Å². The highest BCUT2D eigenvalue weighted by molar-refractivity contribution is 9.10. The summed E-state index contributed by atoms with van der Waals surface area (Å²) in [6.45, 7) is 3.04. The lowest BCUT2D eigenvalue weighted by Gasteiger charge is -2.13. The molecule has 0 saturated carbocycles. The van der Waals surface area contributed by atoms with Crippen LogP contribution in [0.2, 0.25) is 5.02 Å². The molecule has 7 heteroatoms. The maximum atomic E-state index is 13.2. The van der Waals surface area contributed by atoms with Gasteiger partial charge in [0.2, 0.25) is 0 Å². The molecule has 0 unspecified atom stereocenters. The Hall–Kier alpha value is -1.14. The van der Waals surface area contributed by atoms with Gasteiger partial charge in [0, 0.05) is 0 Å². The van der Waals surface area contributed by atoms with E-state index in [1.807, 2.05) is 0 Å². The average Bonchev–Trinajstić information content (AvgIpc) is 2.32. The summed E-state index contributed by atoms with van der Waals surface area (Å²) in [5, 5.41) is -0.146. The molecule has 0 radical (unpaired) electrons. The molecule has 0 fully saturated rings. The monoisotopic (exact) mass is 367 g/mol. The van der Waals surface area contributed by atoms with E-state index >= 15 is 0 Å². The first-order chi connectivity index (χ1) is 9.66. The normalized spacial score (nSPS) is 14.2. The summed E-state index contributed by atoms with van der Waals surface area (Å²) in [5.41, 5.74) is -0.104. The fraction of sp³-hybridized carbons (Fsp3) is 0.385. The number of rotatable bonds is 5. The number of hydrogen-bond acceptors (Lipinski definition) is 4. The van der Waals surface area contributed by atoms with Crippen LogP contribution in [0.5, 0.6) is 0 Å². The molecule has 0 aliphatic rings. The zero-order valence-electron chi connectivity index (χ0n) is 11.8. The van der Waals surface area contributed by atoms with E-state index < -0.39 is 30.3 Å². The Bertz CT molecular complexity index is 565. The number of carbonyl (C=O) groups is 2. The van der Waals surface area contributed by atoms with Crippen LogP contribution in [-0.2, 0) is 14.3 Å². The quantitative estimate of drug-likeness (QED) is 0.587. The summed E-state index contributed by atoms with van der Waals surface area (Å²) < 4.78 is 30.7. The molecule has 0 aliphatic heterocycles. The summed E-state index contributed by atoms with van der Waals surface area (Å²) in [7, 11) is 0. The molecule has 0 amide bonds. The first-order valence-corrected chi connectivity index (χ1v) is 6.87. The van der Waals surface area contributed by atoms with E-state index in [4.69, 9.17) is 22.4 Å². The highest BCUT2D eigenvalue weighted by Gasteiger charge is 2.19. The van der Waals surface area contributed by atoms with Crippen molar-refractivity contribution in [3.63, 3.8) is 0 Å². The van der Waals surface area contributed by atoms with Crippen LogP contribution in [0.3, 0.4) is 0 Å². The molecule has 1 rings (SSSR count). The molecule has 0 saturated heterocycles. The molecule has 0 spiro atoms. The first-order valence-electron chi connectivity index (χ1n) is 6.20. The molecule has 1 aromatic rings. The Morgan fingerprint density at radius 1 is 1.55 bits per heavy atom. The highest BCUT2D eigenvalue weighted by atomic mass is 79.9. The molecule has 0 aromatic heterocycles. The van der Waals surface area contributed by atoms with Crippen LogP contribution in [0, 0.1) is 5.82 Å². The molecule has 0 N–H and O–H groups in total. The fourth-order valence-corrected chi connectivity index (χ4v) is 1.91. The maximum absolute atomic E-state index is 13.2. The zero-order chi connectivity index (χ0) is 16.2. The molecule has 1 aromatic carbocycles. The van der Waals surface area contributed by atoms with Crippen LogP contribution >= 0.6 is 27.5 Å². The van der Waals surface area contributed by atoms with Crippen molar-refractivity contribution in [2.45, 2.75) is 26.3 Å². The largest absolute Gasteiger partial charge is 0.466 e. The van der Waals surface area contributed by atoms with Crippen molar-refractivity contribution < 1.29 is 24.8 Å². The van der Waals surface area contributed by atoms with Gasteiger partial charge < -0.3 is 9.47 Å². The second kappa shape index (κ2) is 7.59. The molecule has 110 valence electrons. The fourth-order valence-electron chi connectivity index (χ4n) is 1.34. The summed E-state index contributed by atoms with van der Waals surface area (Å²) in [6.07, 6.45) is -2.24. The minimum atomic E-state index is -1.81. The lowest BCUT2D eigenvalue weighted by Crippen LogP contribution is -2.20. The molecule has 0 bridgehead atoms. The van der Waals surface area contributed by atoms with Crippen LogP contribution in [0.4, 0.5) is 4.39 Å². The number of halogens is 3. The number of hydrogen-bond donors (Lipinski definition) is 0. The van der Waals surface area contributed by atoms with E-state index in [9.17, 15) is 14.0 Å². The van der Waals surface area contributed by atoms with Gasteiger partial charge in [-0.3, -0.25) is 4.79 Å². The van der Waals surface area contributed by atoms with Gasteiger partial charge in [0.15, 0.2) is 0 Å². The summed E-state index contributed by atoms with van der Waals surface area (Å²) in [5.74, 6) is -2.21. The third-order valence-corrected chi connectivity index (χ3v) is 3.12. The van der Waals surface area contributed by atoms with Crippen molar-refractivity contribution >= 4 is 39.5 Å². The van der Waals surface area contributed by atoms with Gasteiger partial charge in [0.1, 0.15) is 11.9 Å². The second-order valence-corrected chi connectivity index (χ2v) is 5.08. The third-order valence-electron chi connectivity index (χ3n) is 2.20. The minimum Gasteiger partial charge on any atom is -0.466 e. The van der Waals surface area contributed by atoms with Gasteiger partial charge in [0.05, 0.1) is 29.5 Å². The van der Waals surface area contributed by atoms with Crippen LogP contribution in [0.15, 0.2) is 16.6 Å². The van der Waals surface area contributed by atoms with Crippen molar-refractivity contribution in [1.82, 2.24) is 0 Å². The van der Waals surface area contributed by atoms with Gasteiger partial charge in [0.25, 0.3) is 0 Å². The molecular weight excluding hydrogens is 354 g/mol. The van der Waals surface area contributed by atoms with Crippen LogP contribution in [0.1, 0.15) is 32.0 Å². The van der Waals surface area contributed by atoms with Gasteiger partial charge in [-0.1, -0.05) is 11.6 Å². The zero-order valence-corrected chi connectivity index (χ0v) is 13.2. The molecule has 20 heavy (non-hydrogen) atoms. The molecule has 1 atom stereocenters. The number of esters is 2. The minimum absolute atomic E-state index is 0.0379. The van der Waals surface area contributed by atoms with Crippen LogP contribution in [0.25, 0.3) is 0 Å². The average molecular weight is 369 g/mol. The van der Waals surface area contributed by atoms with Crippen molar-refractivity contribution in [2.24, 2.45) is 0 Å². The lowest BCUT2D eigenvalue weighted by molar-refractivity contribution is -0.145. The standard InChI is InChI=1S/C13H13BrClFO4/c1-3-19-12(17)4-7(2)20-13(18)8-5-9(14)11(16)6-10(8)15/h5-7H,3-4H2,1-2H3/t7-/m0/s1/i7D. The highest BCUT2D eigenvalue weighted by Crippen LogP contribution is 2.25. The Morgan fingerprint density at radius 2 is 2.20 bits per heavy atom. The second-order valence-electron chi connectivity index (χ2n) is 3.82. The van der Waals surface area contributed by atoms with Gasteiger partial charge in [-0.15, -0.1) is 0 Å². The van der Waals surface area contributed by atoms with Crippen LogP contribution < -0.4 is 0 Å². The summed E-state index contributed by atoms with van der Waals surface area (Å²) in [6, 6.07) is 2.11. The lowest BCUT2D eigenvalue weighted by atomic mass is 10.2. The van der Waals surface area contributed by atoms with Crippen LogP contribution in [-0.4, -0.2) is 24.6 Å². The maximum Gasteiger partial charge on any atom is 0.339 e. The Labute approximate surface area is 130 Å². The predicted octanol–water partition coefficient (Wildman–Crippen LogP) is 3.74. The Kier molecular flexibility index (Phi) is 5.79. The van der Waals surface area contributed by atoms with E-state index in [1.165, 1.54) is 6.92 Å². The number of carbonyl (C=O) groups excluding carboxylic acids is 2. The topological polar surface area (TPSA) is 52.6 Å². The SMILES string of the molecule is [2H][C@](C)(CC(=O)OCC)OC(=O)c1cc(Br)c(F)cc1Cl. The predicted molar refractivity (Wildman–Crippen MR) is 75.2 cm³/mol. The van der Waals surface area contributed by atoms with Crippen molar-refractivity contribution in [3.8, 4) is 0 Å². The van der Waals surface area contributed by atoms with E-state index in [0.29, 0.717) is 0 Å². The molecule has 0 aliphatic carbocycles. The first kappa shape index (κ1) is 15.3. The number of benzene rings is 1. The van der Waals surface area contributed by atoms with E-state index in [1.54, 1.807) is 6.92 Å². The van der Waals surface area contributed by atoms with Crippen molar-refractivity contribution in [2.75, 3.05) is 6.61 Å². The number of ether oxygens (including phenoxy) is 2. The van der Waals surface area contributed by atoms with E-state index in [-0.39, 0.29) is 21.7 Å². The Morgan fingerprint density at radius 3 is 2.80 bits per heavy atom. The molecular formula is C13H13BrClFO4. The van der Waals surface area contributed by atoms with Crippen molar-refractivity contribution in [1.29, 1.82) is 0 Å². The third kappa shape index (κ3) is 4.76. The van der Waals surface area contributed by atoms with Gasteiger partial charge >= 0.3 is 11.9 Å². The van der Waals surface area contributed by atoms with Gasteiger partial charge in [-0.05, 0) is 41.9 Å². The van der Waals surface area contributed by atoms with Crippen molar-refractivity contribution in [3.05, 3.63) is 33.0 Å². The molecule has 0 heterocycles.